The van der Waals surface area contributed by atoms with Crippen LogP contribution in [0, 0.1) is 0 Å². The third kappa shape index (κ3) is 10.4. The molecule has 0 unspecified atom stereocenters. The molecule has 1 aliphatic rings. The van der Waals surface area contributed by atoms with E-state index in [-0.39, 0.29) is 30.6 Å². The minimum absolute atomic E-state index is 0.0534. The number of nitrogens with zero attached hydrogens (tertiary/aromatic N) is 7. The van der Waals surface area contributed by atoms with E-state index < -0.39 is 17.8 Å². The van der Waals surface area contributed by atoms with Crippen LogP contribution in [0.4, 0.5) is 11.9 Å². The molecule has 5 heterocycles. The van der Waals surface area contributed by atoms with Crippen molar-refractivity contribution in [1.29, 1.82) is 0 Å². The number of imide groups is 1. The number of aromatic amines is 2. The van der Waals surface area contributed by atoms with E-state index in [4.69, 9.17) is 26.7 Å². The third-order valence-electron chi connectivity index (χ3n) is 7.34. The van der Waals surface area contributed by atoms with Crippen LogP contribution in [0.5, 0.6) is 11.8 Å². The fourth-order valence-electron chi connectivity index (χ4n) is 4.70. The predicted molar refractivity (Wildman–Crippen MR) is 192 cm³/mol. The molecule has 7 rings (SSSR count). The molecule has 0 atom stereocenters. The molecule has 1 aliphatic heterocycles. The summed E-state index contributed by atoms with van der Waals surface area (Å²) in [5.41, 5.74) is 23.1. The number of carbonyl (C=O) groups is 4. The van der Waals surface area contributed by atoms with Gasteiger partial charge in [-0.25, -0.2) is 14.8 Å². The highest BCUT2D eigenvalue weighted by Crippen LogP contribution is 2.22. The van der Waals surface area contributed by atoms with Crippen LogP contribution in [-0.2, 0) is 50.3 Å². The fraction of sp³-hybridized carbons (Fsp3) is 0.235. The minimum Gasteiger partial charge on any atom is -0.471 e. The minimum atomic E-state index is -0.659. The van der Waals surface area contributed by atoms with E-state index in [2.05, 4.69) is 50.0 Å². The number of H-pyrrole nitrogens is 2. The molecule has 0 saturated carbocycles. The van der Waals surface area contributed by atoms with E-state index in [1.807, 2.05) is 48.5 Å². The van der Waals surface area contributed by atoms with Gasteiger partial charge < -0.3 is 46.8 Å². The molecule has 54 heavy (non-hydrogen) atoms. The summed E-state index contributed by atoms with van der Waals surface area (Å²) in [6, 6.07) is 15.6. The summed E-state index contributed by atoms with van der Waals surface area (Å²) < 4.78 is 11.4. The number of benzene rings is 2. The number of carbonyl (C=O) groups excluding carboxylic acids is 4. The zero-order valence-corrected chi connectivity index (χ0v) is 29.2. The molecule has 2 aromatic carbocycles. The molecule has 6 aromatic rings. The van der Waals surface area contributed by atoms with Crippen molar-refractivity contribution in [3.8, 4) is 11.8 Å². The third-order valence-corrected chi connectivity index (χ3v) is 7.34. The molecule has 0 radical (unpaired) electrons. The zero-order valence-electron chi connectivity index (χ0n) is 29.2. The lowest BCUT2D eigenvalue weighted by Crippen LogP contribution is -2.30. The number of hydroxylamine groups is 2. The summed E-state index contributed by atoms with van der Waals surface area (Å²) in [6.45, 7) is 4.39. The van der Waals surface area contributed by atoms with Gasteiger partial charge in [-0.1, -0.05) is 48.5 Å². The zero-order chi connectivity index (χ0) is 38.6. The molecule has 1 fully saturated rings. The first-order valence-electron chi connectivity index (χ1n) is 16.3. The molecule has 0 spiro atoms. The van der Waals surface area contributed by atoms with Crippen molar-refractivity contribution in [2.45, 2.75) is 53.0 Å². The Balaban J connectivity index is 0.000000165. The number of imidazole rings is 2. The van der Waals surface area contributed by atoms with Crippen molar-refractivity contribution in [2.75, 3.05) is 11.5 Å². The lowest BCUT2D eigenvalue weighted by molar-refractivity contribution is -0.195. The highest BCUT2D eigenvalue weighted by Gasteiger charge is 2.31. The number of hydrogen-bond acceptors (Lipinski definition) is 16. The highest BCUT2D eigenvalue weighted by molar-refractivity contribution is 6.01. The molecule has 3 amide bonds. The van der Waals surface area contributed by atoms with Crippen molar-refractivity contribution < 1.29 is 33.5 Å². The van der Waals surface area contributed by atoms with Crippen molar-refractivity contribution in [3.63, 3.8) is 0 Å². The van der Waals surface area contributed by atoms with Crippen LogP contribution in [0.25, 0.3) is 22.3 Å². The molecule has 4 aromatic heterocycles. The van der Waals surface area contributed by atoms with Crippen LogP contribution >= 0.6 is 0 Å². The second-order valence-electron chi connectivity index (χ2n) is 11.5. The smallest absolute Gasteiger partial charge is 0.330 e. The number of fused-ring (bicyclic) bond motifs is 2. The lowest BCUT2D eigenvalue weighted by Gasteiger charge is -2.09. The van der Waals surface area contributed by atoms with E-state index >= 15 is 0 Å². The maximum atomic E-state index is 10.9. The molecular weight excluding hydrogens is 702 g/mol. The van der Waals surface area contributed by atoms with Crippen LogP contribution in [-0.4, -0.2) is 68.6 Å². The van der Waals surface area contributed by atoms with Gasteiger partial charge in [0.05, 0.1) is 12.7 Å². The summed E-state index contributed by atoms with van der Waals surface area (Å²) in [5.74, 6) is -0.602. The normalized spacial score (nSPS) is 12.1. The first-order chi connectivity index (χ1) is 26.0. The van der Waals surface area contributed by atoms with E-state index in [1.165, 1.54) is 19.6 Å². The molecular formula is C34H37N13O7. The number of amides is 3. The van der Waals surface area contributed by atoms with Crippen LogP contribution in [0.2, 0.25) is 0 Å². The summed E-state index contributed by atoms with van der Waals surface area (Å²) in [6.07, 6.45) is 3.31. The van der Waals surface area contributed by atoms with E-state index in [1.54, 1.807) is 0 Å². The molecule has 20 heteroatoms. The number of nitrogens with two attached hydrogens (primary N) is 3. The van der Waals surface area contributed by atoms with Gasteiger partial charge in [0.25, 0.3) is 11.8 Å². The van der Waals surface area contributed by atoms with Gasteiger partial charge in [0.1, 0.15) is 24.2 Å². The Morgan fingerprint density at radius 2 is 1.17 bits per heavy atom. The molecule has 0 aliphatic carbocycles. The summed E-state index contributed by atoms with van der Waals surface area (Å²) in [5, 5.41) is 3.27. The molecule has 280 valence electrons. The number of nitrogens with one attached hydrogen (secondary N) is 3. The average molecular weight is 740 g/mol. The number of ether oxygens (including phenoxy) is 2. The van der Waals surface area contributed by atoms with Crippen LogP contribution < -0.4 is 32.0 Å². The number of aromatic nitrogens is 8. The maximum Gasteiger partial charge on any atom is 0.330 e. The molecule has 1 saturated heterocycles. The maximum absolute atomic E-state index is 10.9. The highest BCUT2D eigenvalue weighted by atomic mass is 16.7. The van der Waals surface area contributed by atoms with Gasteiger partial charge in [-0.05, 0) is 22.3 Å². The molecule has 0 bridgehead atoms. The lowest BCUT2D eigenvalue weighted by atomic mass is 10.1. The Kier molecular flexibility index (Phi) is 12.5. The molecule has 9 N–H and O–H groups in total. The Bertz CT molecular complexity index is 2220. The predicted octanol–water partition coefficient (Wildman–Crippen LogP) is 1.74. The summed E-state index contributed by atoms with van der Waals surface area (Å²) >= 11 is 0. The van der Waals surface area contributed by atoms with Gasteiger partial charge in [0.15, 0.2) is 11.3 Å². The van der Waals surface area contributed by atoms with Crippen LogP contribution in [0.1, 0.15) is 48.9 Å². The van der Waals surface area contributed by atoms with Crippen LogP contribution in [0.15, 0.2) is 61.2 Å². The Labute approximate surface area is 306 Å². The second kappa shape index (κ2) is 17.8. The Morgan fingerprint density at radius 1 is 0.722 bits per heavy atom. The molecule has 20 nitrogen and oxygen atoms in total. The standard InChI is InChI=1S/C15H16N6O2.C13H14N6O.C6H7NO4/c1-9(22)17-6-10-2-4-11(5-3-10)7-23-14-12-13(19-8-18-12)20-15(16)21-14;14-5-8-1-3-9(4-2-8)6-20-12-10-11(17-7-16-10)18-13(15)19-12;1-4(8)11-7-5(9)2-3-6(7)10/h2-5,8H,6-7H2,1H3,(H,17,22)(H3,16,18,19,20,21);1-4,7H,5-6,14H2,(H3,15,16,17,18,19);2-3H2,1H3. The van der Waals surface area contributed by atoms with Gasteiger partial charge in [0.2, 0.25) is 29.6 Å². The number of nitrogen functional groups attached to an aromatic ring is 2. The first kappa shape index (κ1) is 38.0. The fourth-order valence-corrected chi connectivity index (χ4v) is 4.70. The first-order valence-corrected chi connectivity index (χ1v) is 16.3. The number of hydrogen-bond donors (Lipinski definition) is 6. The quantitative estimate of drug-likeness (QED) is 0.109. The van der Waals surface area contributed by atoms with Crippen molar-refractivity contribution in [2.24, 2.45) is 5.73 Å². The Hall–Kier alpha value is -7.22. The van der Waals surface area contributed by atoms with Gasteiger partial charge in [0, 0.05) is 39.8 Å². The number of anilines is 2. The van der Waals surface area contributed by atoms with Crippen molar-refractivity contribution >= 4 is 57.9 Å². The Morgan fingerprint density at radius 3 is 1.59 bits per heavy atom. The largest absolute Gasteiger partial charge is 0.471 e. The van der Waals surface area contributed by atoms with Crippen molar-refractivity contribution in [3.05, 3.63) is 83.4 Å². The summed E-state index contributed by atoms with van der Waals surface area (Å²) in [7, 11) is 0. The summed E-state index contributed by atoms with van der Waals surface area (Å²) in [4.78, 5) is 77.2. The number of rotatable bonds is 10. The van der Waals surface area contributed by atoms with Crippen molar-refractivity contribution in [1.82, 2.24) is 50.3 Å². The monoisotopic (exact) mass is 739 g/mol. The van der Waals surface area contributed by atoms with Gasteiger partial charge >= 0.3 is 5.97 Å². The van der Waals surface area contributed by atoms with Gasteiger partial charge in [-0.15, -0.1) is 5.06 Å². The SMILES string of the molecule is CC(=O)NCc1ccc(COc2nc(N)nc3nc[nH]c23)cc1.CC(=O)ON1C(=O)CCC1=O.NCc1ccc(COc2nc(N)nc3nc[nH]c23)cc1. The van der Waals surface area contributed by atoms with E-state index in [9.17, 15) is 19.2 Å². The van der Waals surface area contributed by atoms with E-state index in [0.717, 1.165) is 29.2 Å². The van der Waals surface area contributed by atoms with E-state index in [0.29, 0.717) is 65.5 Å². The topological polar surface area (TPSA) is 298 Å². The van der Waals surface area contributed by atoms with Crippen LogP contribution in [0.3, 0.4) is 0 Å². The second-order valence-corrected chi connectivity index (χ2v) is 11.5. The van der Waals surface area contributed by atoms with Gasteiger partial charge in [-0.3, -0.25) is 14.4 Å². The van der Waals surface area contributed by atoms with Gasteiger partial charge in [-0.2, -0.15) is 19.9 Å². The average Bonchev–Trinajstić information content (AvgIpc) is 3.91.